The largest absolute Gasteiger partial charge is 0.383 e. The quantitative estimate of drug-likeness (QED) is 0.659. The summed E-state index contributed by atoms with van der Waals surface area (Å²) < 4.78 is 31.5. The van der Waals surface area contributed by atoms with Crippen molar-refractivity contribution < 1.29 is 17.9 Å². The van der Waals surface area contributed by atoms with E-state index in [0.717, 1.165) is 25.9 Å². The number of methoxy groups -OCH3 is 1. The number of piperidine rings is 1. The van der Waals surface area contributed by atoms with Crippen LogP contribution in [-0.2, 0) is 14.8 Å². The lowest BCUT2D eigenvalue weighted by atomic mass is 10.0. The molecule has 1 aromatic carbocycles. The lowest BCUT2D eigenvalue weighted by Crippen LogP contribution is -2.46. The Hall–Kier alpha value is -1.48. The Bertz CT molecular complexity index is 681. The molecule has 0 radical (unpaired) electrons. The van der Waals surface area contributed by atoms with Crippen LogP contribution in [0, 0.1) is 0 Å². The molecule has 146 valence electrons. The highest BCUT2D eigenvalue weighted by atomic mass is 32.2. The van der Waals surface area contributed by atoms with Crippen molar-refractivity contribution in [2.75, 3.05) is 33.4 Å². The van der Waals surface area contributed by atoms with Crippen molar-refractivity contribution in [2.45, 2.75) is 43.7 Å². The maximum atomic E-state index is 12.4. The predicted molar refractivity (Wildman–Crippen MR) is 101 cm³/mol. The smallest absolute Gasteiger partial charge is 0.251 e. The third-order valence-electron chi connectivity index (χ3n) is 4.62. The highest BCUT2D eigenvalue weighted by Gasteiger charge is 2.22. The first-order valence-corrected chi connectivity index (χ1v) is 10.5. The monoisotopic (exact) mass is 383 g/mol. The van der Waals surface area contributed by atoms with Gasteiger partial charge in [0.15, 0.2) is 0 Å². The summed E-state index contributed by atoms with van der Waals surface area (Å²) in [5.41, 5.74) is 0.465. The Morgan fingerprint density at radius 2 is 1.85 bits per heavy atom. The molecular weight excluding hydrogens is 354 g/mol. The normalized spacial score (nSPS) is 16.8. The number of carbonyl (C=O) groups excluding carboxylic acids is 1. The zero-order chi connectivity index (χ0) is 19.2. The minimum atomic E-state index is -3.58. The number of hydrogen-bond donors (Lipinski definition) is 2. The fraction of sp³-hybridized carbons (Fsp3) is 0.611. The minimum Gasteiger partial charge on any atom is -0.383 e. The van der Waals surface area contributed by atoms with Crippen molar-refractivity contribution in [1.29, 1.82) is 0 Å². The lowest BCUT2D eigenvalue weighted by Gasteiger charge is -2.34. The van der Waals surface area contributed by atoms with Crippen molar-refractivity contribution in [2.24, 2.45) is 0 Å². The summed E-state index contributed by atoms with van der Waals surface area (Å²) in [5.74, 6) is -0.163. The molecule has 0 aliphatic carbocycles. The van der Waals surface area contributed by atoms with Crippen LogP contribution in [0.2, 0.25) is 0 Å². The van der Waals surface area contributed by atoms with Gasteiger partial charge in [0.05, 0.1) is 11.5 Å². The predicted octanol–water partition coefficient (Wildman–Crippen LogP) is 1.21. The van der Waals surface area contributed by atoms with Crippen LogP contribution in [0.3, 0.4) is 0 Å². The van der Waals surface area contributed by atoms with E-state index in [9.17, 15) is 13.2 Å². The highest BCUT2D eigenvalue weighted by molar-refractivity contribution is 7.89. The summed E-state index contributed by atoms with van der Waals surface area (Å²) in [6.07, 6.45) is 1.86. The topological polar surface area (TPSA) is 87.7 Å². The first-order chi connectivity index (χ1) is 12.3. The number of nitrogens with one attached hydrogen (secondary N) is 2. The van der Waals surface area contributed by atoms with E-state index in [-0.39, 0.29) is 23.4 Å². The number of hydrogen-bond acceptors (Lipinski definition) is 5. The van der Waals surface area contributed by atoms with Gasteiger partial charge in [-0.2, -0.15) is 0 Å². The molecule has 1 heterocycles. The first kappa shape index (κ1) is 20.8. The van der Waals surface area contributed by atoms with Gasteiger partial charge in [-0.25, -0.2) is 13.1 Å². The highest BCUT2D eigenvalue weighted by Crippen LogP contribution is 2.15. The average molecular weight is 384 g/mol. The SMILES string of the molecule is COCCNS(=O)(=O)c1ccc(C(=O)NC2CCN(C(C)C)CC2)cc1. The number of nitrogens with zero attached hydrogens (tertiary/aromatic N) is 1. The van der Waals surface area contributed by atoms with E-state index in [0.29, 0.717) is 18.2 Å². The van der Waals surface area contributed by atoms with E-state index in [1.54, 1.807) is 12.1 Å². The summed E-state index contributed by atoms with van der Waals surface area (Å²) in [6.45, 7) is 6.82. The van der Waals surface area contributed by atoms with E-state index in [1.807, 2.05) is 0 Å². The molecule has 1 aliphatic heterocycles. The van der Waals surface area contributed by atoms with Crippen LogP contribution in [0.15, 0.2) is 29.2 Å². The summed E-state index contributed by atoms with van der Waals surface area (Å²) in [4.78, 5) is 14.9. The number of ether oxygens (including phenoxy) is 1. The Balaban J connectivity index is 1.90. The number of amides is 1. The van der Waals surface area contributed by atoms with Crippen LogP contribution in [0.1, 0.15) is 37.0 Å². The molecular formula is C18H29N3O4S. The fourth-order valence-electron chi connectivity index (χ4n) is 2.98. The Morgan fingerprint density at radius 1 is 1.23 bits per heavy atom. The molecule has 0 bridgehead atoms. The van der Waals surface area contributed by atoms with Gasteiger partial charge in [0.1, 0.15) is 0 Å². The maximum absolute atomic E-state index is 12.4. The summed E-state index contributed by atoms with van der Waals surface area (Å²) in [6, 6.07) is 6.68. The second-order valence-electron chi connectivity index (χ2n) is 6.79. The molecule has 1 saturated heterocycles. The van der Waals surface area contributed by atoms with Crippen molar-refractivity contribution in [3.63, 3.8) is 0 Å². The molecule has 0 spiro atoms. The van der Waals surface area contributed by atoms with Crippen LogP contribution in [-0.4, -0.2) is 64.7 Å². The van der Waals surface area contributed by atoms with Gasteiger partial charge in [0.2, 0.25) is 10.0 Å². The first-order valence-electron chi connectivity index (χ1n) is 8.97. The molecule has 8 heteroatoms. The van der Waals surface area contributed by atoms with Crippen LogP contribution >= 0.6 is 0 Å². The summed E-state index contributed by atoms with van der Waals surface area (Å²) >= 11 is 0. The number of carbonyl (C=O) groups is 1. The third kappa shape index (κ3) is 5.77. The van der Waals surface area contributed by atoms with Crippen molar-refractivity contribution in [3.8, 4) is 0 Å². The van der Waals surface area contributed by atoms with Crippen LogP contribution in [0.25, 0.3) is 0 Å². The van der Waals surface area contributed by atoms with E-state index in [1.165, 1.54) is 19.2 Å². The van der Waals surface area contributed by atoms with E-state index in [4.69, 9.17) is 4.74 Å². The standard InChI is InChI=1S/C18H29N3O4S/c1-14(2)21-11-8-16(9-12-21)20-18(22)15-4-6-17(7-5-15)26(23,24)19-10-13-25-3/h4-7,14,16,19H,8-13H2,1-3H3,(H,20,22). The molecule has 26 heavy (non-hydrogen) atoms. The van der Waals surface area contributed by atoms with Crippen LogP contribution in [0.5, 0.6) is 0 Å². The Kier molecular flexibility index (Phi) is 7.57. The van der Waals surface area contributed by atoms with Crippen molar-refractivity contribution in [1.82, 2.24) is 14.9 Å². The average Bonchev–Trinajstić information content (AvgIpc) is 2.62. The van der Waals surface area contributed by atoms with Gasteiger partial charge in [-0.3, -0.25) is 4.79 Å². The van der Waals surface area contributed by atoms with E-state index in [2.05, 4.69) is 28.8 Å². The fourth-order valence-corrected chi connectivity index (χ4v) is 3.99. The second kappa shape index (κ2) is 9.45. The molecule has 1 aliphatic rings. The third-order valence-corrected chi connectivity index (χ3v) is 6.10. The molecule has 0 unspecified atom stereocenters. The van der Waals surface area contributed by atoms with Gasteiger partial charge in [-0.05, 0) is 51.0 Å². The van der Waals surface area contributed by atoms with Gasteiger partial charge < -0.3 is 15.0 Å². The van der Waals surface area contributed by atoms with E-state index < -0.39 is 10.0 Å². The zero-order valence-corrected chi connectivity index (χ0v) is 16.5. The molecule has 7 nitrogen and oxygen atoms in total. The molecule has 0 atom stereocenters. The van der Waals surface area contributed by atoms with Crippen LogP contribution < -0.4 is 10.0 Å². The zero-order valence-electron chi connectivity index (χ0n) is 15.7. The lowest BCUT2D eigenvalue weighted by molar-refractivity contribution is 0.0900. The molecule has 0 aromatic heterocycles. The summed E-state index contributed by atoms with van der Waals surface area (Å²) in [5, 5.41) is 3.05. The summed E-state index contributed by atoms with van der Waals surface area (Å²) in [7, 11) is -2.08. The van der Waals surface area contributed by atoms with E-state index >= 15 is 0 Å². The number of benzene rings is 1. The Morgan fingerprint density at radius 3 is 2.38 bits per heavy atom. The van der Waals surface area contributed by atoms with Gasteiger partial charge in [-0.1, -0.05) is 0 Å². The second-order valence-corrected chi connectivity index (χ2v) is 8.56. The van der Waals surface area contributed by atoms with Gasteiger partial charge >= 0.3 is 0 Å². The number of likely N-dealkylation sites (tertiary alicyclic amines) is 1. The van der Waals surface area contributed by atoms with Crippen molar-refractivity contribution >= 4 is 15.9 Å². The van der Waals surface area contributed by atoms with Gasteiger partial charge in [0.25, 0.3) is 5.91 Å². The number of sulfonamides is 1. The molecule has 2 rings (SSSR count). The minimum absolute atomic E-state index is 0.135. The Labute approximate surface area is 156 Å². The molecule has 1 aromatic rings. The van der Waals surface area contributed by atoms with Crippen LogP contribution in [0.4, 0.5) is 0 Å². The van der Waals surface area contributed by atoms with Gasteiger partial charge in [0, 0.05) is 44.4 Å². The molecule has 2 N–H and O–H groups in total. The molecule has 0 saturated carbocycles. The van der Waals surface area contributed by atoms with Gasteiger partial charge in [-0.15, -0.1) is 0 Å². The molecule has 1 amide bonds. The van der Waals surface area contributed by atoms with Crippen molar-refractivity contribution in [3.05, 3.63) is 29.8 Å². The number of rotatable bonds is 8. The molecule has 1 fully saturated rings. The maximum Gasteiger partial charge on any atom is 0.251 e.